The van der Waals surface area contributed by atoms with Crippen LogP contribution >= 0.6 is 0 Å². The summed E-state index contributed by atoms with van der Waals surface area (Å²) in [7, 11) is 0. The molecular formula is C13H17N5O. The molecule has 0 bridgehead atoms. The lowest BCUT2D eigenvalue weighted by atomic mass is 9.74. The highest BCUT2D eigenvalue weighted by Crippen LogP contribution is 2.38. The molecule has 2 atom stereocenters. The molecular weight excluding hydrogens is 242 g/mol. The van der Waals surface area contributed by atoms with Gasteiger partial charge in [0.25, 0.3) is 0 Å². The Hall–Kier alpha value is -1.82. The SMILES string of the molecule is CC1(N)CCCCC1c1nc(-c2cnccn2)no1. The minimum atomic E-state index is -0.273. The first kappa shape index (κ1) is 12.2. The van der Waals surface area contributed by atoms with Gasteiger partial charge in [0.05, 0.1) is 12.1 Å². The van der Waals surface area contributed by atoms with E-state index in [1.807, 2.05) is 0 Å². The van der Waals surface area contributed by atoms with E-state index in [0.717, 1.165) is 25.7 Å². The van der Waals surface area contributed by atoms with Crippen LogP contribution in [0.3, 0.4) is 0 Å². The van der Waals surface area contributed by atoms with Gasteiger partial charge in [0, 0.05) is 17.9 Å². The summed E-state index contributed by atoms with van der Waals surface area (Å²) in [5.41, 5.74) is 6.69. The van der Waals surface area contributed by atoms with Crippen molar-refractivity contribution in [3.8, 4) is 11.5 Å². The lowest BCUT2D eigenvalue weighted by Gasteiger charge is -2.35. The third-order valence-corrected chi connectivity index (χ3v) is 3.79. The van der Waals surface area contributed by atoms with Crippen LogP contribution in [0.4, 0.5) is 0 Å². The Morgan fingerprint density at radius 1 is 1.37 bits per heavy atom. The standard InChI is InChI=1S/C13H17N5O/c1-13(14)5-3-2-4-9(13)12-17-11(18-19-12)10-8-15-6-7-16-10/h6-9H,2-5,14H2,1H3. The molecule has 100 valence electrons. The van der Waals surface area contributed by atoms with E-state index in [0.29, 0.717) is 17.4 Å². The maximum atomic E-state index is 6.35. The first-order valence-electron chi connectivity index (χ1n) is 6.56. The fourth-order valence-electron chi connectivity index (χ4n) is 2.66. The molecule has 2 heterocycles. The average molecular weight is 259 g/mol. The summed E-state index contributed by atoms with van der Waals surface area (Å²) < 4.78 is 5.39. The normalized spacial score (nSPS) is 27.4. The molecule has 1 fully saturated rings. The number of aromatic nitrogens is 4. The molecule has 19 heavy (non-hydrogen) atoms. The number of rotatable bonds is 2. The third-order valence-electron chi connectivity index (χ3n) is 3.79. The average Bonchev–Trinajstić information content (AvgIpc) is 2.88. The van der Waals surface area contributed by atoms with E-state index < -0.39 is 0 Å². The van der Waals surface area contributed by atoms with Gasteiger partial charge in [-0.25, -0.2) is 4.98 Å². The van der Waals surface area contributed by atoms with E-state index in [2.05, 4.69) is 27.0 Å². The first-order chi connectivity index (χ1) is 9.17. The molecule has 0 aromatic carbocycles. The molecule has 6 heteroatoms. The predicted molar refractivity (Wildman–Crippen MR) is 69.1 cm³/mol. The lowest BCUT2D eigenvalue weighted by Crippen LogP contribution is -2.44. The van der Waals surface area contributed by atoms with Crippen LogP contribution in [-0.2, 0) is 0 Å². The molecule has 1 aliphatic carbocycles. The van der Waals surface area contributed by atoms with Gasteiger partial charge in [-0.05, 0) is 19.8 Å². The second kappa shape index (κ2) is 4.70. The number of hydrogen-bond donors (Lipinski definition) is 1. The number of nitrogens with zero attached hydrogens (tertiary/aromatic N) is 4. The van der Waals surface area contributed by atoms with E-state index in [1.165, 1.54) is 0 Å². The lowest BCUT2D eigenvalue weighted by molar-refractivity contribution is 0.223. The van der Waals surface area contributed by atoms with Crippen LogP contribution in [-0.4, -0.2) is 25.6 Å². The zero-order valence-corrected chi connectivity index (χ0v) is 10.9. The van der Waals surface area contributed by atoms with Gasteiger partial charge >= 0.3 is 0 Å². The van der Waals surface area contributed by atoms with Crippen LogP contribution in [0.2, 0.25) is 0 Å². The summed E-state index contributed by atoms with van der Waals surface area (Å²) in [5.74, 6) is 1.22. The van der Waals surface area contributed by atoms with Gasteiger partial charge in [-0.3, -0.25) is 4.98 Å². The zero-order chi connectivity index (χ0) is 13.3. The molecule has 1 saturated carbocycles. The van der Waals surface area contributed by atoms with Crippen molar-refractivity contribution < 1.29 is 4.52 Å². The summed E-state index contributed by atoms with van der Waals surface area (Å²) in [6.45, 7) is 2.06. The fourth-order valence-corrected chi connectivity index (χ4v) is 2.66. The fraction of sp³-hybridized carbons (Fsp3) is 0.538. The molecule has 0 aliphatic heterocycles. The molecule has 0 amide bonds. The monoisotopic (exact) mass is 259 g/mol. The number of hydrogen-bond acceptors (Lipinski definition) is 6. The van der Waals surface area contributed by atoms with E-state index in [4.69, 9.17) is 10.3 Å². The van der Waals surface area contributed by atoms with Gasteiger partial charge in [0.1, 0.15) is 5.69 Å². The van der Waals surface area contributed by atoms with Gasteiger partial charge < -0.3 is 10.3 Å². The second-order valence-electron chi connectivity index (χ2n) is 5.35. The van der Waals surface area contributed by atoms with E-state index in [1.54, 1.807) is 18.6 Å². The maximum absolute atomic E-state index is 6.35. The predicted octanol–water partition coefficient (Wildman–Crippen LogP) is 1.90. The van der Waals surface area contributed by atoms with Crippen LogP contribution in [0.1, 0.15) is 44.4 Å². The minimum Gasteiger partial charge on any atom is -0.339 e. The van der Waals surface area contributed by atoms with Gasteiger partial charge in [-0.2, -0.15) is 4.98 Å². The van der Waals surface area contributed by atoms with Crippen LogP contribution in [0.25, 0.3) is 11.5 Å². The molecule has 2 unspecified atom stereocenters. The maximum Gasteiger partial charge on any atom is 0.231 e. The molecule has 2 N–H and O–H groups in total. The highest BCUT2D eigenvalue weighted by atomic mass is 16.5. The molecule has 2 aromatic heterocycles. The summed E-state index contributed by atoms with van der Waals surface area (Å²) in [6.07, 6.45) is 9.14. The van der Waals surface area contributed by atoms with Gasteiger partial charge in [-0.1, -0.05) is 18.0 Å². The Bertz CT molecular complexity index is 551. The van der Waals surface area contributed by atoms with Crippen LogP contribution in [0.5, 0.6) is 0 Å². The highest BCUT2D eigenvalue weighted by Gasteiger charge is 2.37. The summed E-state index contributed by atoms with van der Waals surface area (Å²) in [6, 6.07) is 0. The summed E-state index contributed by atoms with van der Waals surface area (Å²) in [4.78, 5) is 12.6. The Labute approximate surface area is 111 Å². The van der Waals surface area contributed by atoms with Gasteiger partial charge in [-0.15, -0.1) is 0 Å². The van der Waals surface area contributed by atoms with Crippen molar-refractivity contribution in [3.63, 3.8) is 0 Å². The van der Waals surface area contributed by atoms with Gasteiger partial charge in [0.2, 0.25) is 11.7 Å². The number of nitrogens with two attached hydrogens (primary N) is 1. The molecule has 3 rings (SSSR count). The molecule has 6 nitrogen and oxygen atoms in total. The zero-order valence-electron chi connectivity index (χ0n) is 10.9. The topological polar surface area (TPSA) is 90.7 Å². The van der Waals surface area contributed by atoms with E-state index >= 15 is 0 Å². The second-order valence-corrected chi connectivity index (χ2v) is 5.35. The van der Waals surface area contributed by atoms with E-state index in [-0.39, 0.29) is 11.5 Å². The van der Waals surface area contributed by atoms with Crippen molar-refractivity contribution in [2.75, 3.05) is 0 Å². The van der Waals surface area contributed by atoms with Crippen LogP contribution in [0.15, 0.2) is 23.1 Å². The summed E-state index contributed by atoms with van der Waals surface area (Å²) >= 11 is 0. The first-order valence-corrected chi connectivity index (χ1v) is 6.56. The highest BCUT2D eigenvalue weighted by molar-refractivity contribution is 5.45. The van der Waals surface area contributed by atoms with Crippen molar-refractivity contribution in [2.24, 2.45) is 5.73 Å². The minimum absolute atomic E-state index is 0.124. The molecule has 1 aliphatic rings. The Morgan fingerprint density at radius 2 is 2.26 bits per heavy atom. The Balaban J connectivity index is 1.89. The van der Waals surface area contributed by atoms with Crippen LogP contribution in [0, 0.1) is 0 Å². The molecule has 0 saturated heterocycles. The Kier molecular flexibility index (Phi) is 3.02. The molecule has 0 spiro atoms. The molecule has 2 aromatic rings. The van der Waals surface area contributed by atoms with Crippen molar-refractivity contribution in [1.29, 1.82) is 0 Å². The largest absolute Gasteiger partial charge is 0.339 e. The third kappa shape index (κ3) is 2.35. The summed E-state index contributed by atoms with van der Waals surface area (Å²) in [5, 5.41) is 3.98. The van der Waals surface area contributed by atoms with Crippen molar-refractivity contribution in [1.82, 2.24) is 20.1 Å². The van der Waals surface area contributed by atoms with Crippen molar-refractivity contribution >= 4 is 0 Å². The quantitative estimate of drug-likeness (QED) is 0.885. The van der Waals surface area contributed by atoms with E-state index in [9.17, 15) is 0 Å². The van der Waals surface area contributed by atoms with Crippen LogP contribution < -0.4 is 5.73 Å². The van der Waals surface area contributed by atoms with Crippen molar-refractivity contribution in [2.45, 2.75) is 44.1 Å². The smallest absolute Gasteiger partial charge is 0.231 e. The molecule has 0 radical (unpaired) electrons. The van der Waals surface area contributed by atoms with Crippen molar-refractivity contribution in [3.05, 3.63) is 24.5 Å². The Morgan fingerprint density at radius 3 is 3.00 bits per heavy atom. The van der Waals surface area contributed by atoms with Gasteiger partial charge in [0.15, 0.2) is 0 Å².